The average Bonchev–Trinajstić information content (AvgIpc) is 2.28. The van der Waals surface area contributed by atoms with Crippen molar-refractivity contribution in [2.75, 3.05) is 11.1 Å². The number of carbonyl (C=O) groups is 1. The van der Waals surface area contributed by atoms with Gasteiger partial charge in [-0.25, -0.2) is 4.98 Å². The van der Waals surface area contributed by atoms with Gasteiger partial charge in [0.15, 0.2) is 5.78 Å². The van der Waals surface area contributed by atoms with Gasteiger partial charge in [-0.3, -0.25) is 4.79 Å². The number of carbonyl (C=O) groups excluding carboxylic acids is 1. The van der Waals surface area contributed by atoms with Crippen LogP contribution < -0.4 is 11.1 Å². The highest BCUT2D eigenvalue weighted by Gasteiger charge is 2.02. The first-order valence-electron chi connectivity index (χ1n) is 5.54. The Balaban J connectivity index is 0.00000180. The van der Waals surface area contributed by atoms with E-state index in [1.165, 1.54) is 6.92 Å². The van der Waals surface area contributed by atoms with Crippen molar-refractivity contribution >= 4 is 35.6 Å². The smallest absolute Gasteiger partial charge is 0.222 e. The summed E-state index contributed by atoms with van der Waals surface area (Å²) in [6.07, 6.45) is 0. The van der Waals surface area contributed by atoms with E-state index in [4.69, 9.17) is 5.73 Å². The molecule has 100 valence electrons. The Bertz CT molecular complexity index is 563. The van der Waals surface area contributed by atoms with Gasteiger partial charge < -0.3 is 11.1 Å². The second kappa shape index (κ2) is 6.15. The average molecular weight is 279 g/mol. The van der Waals surface area contributed by atoms with Crippen molar-refractivity contribution in [3.8, 4) is 0 Å². The molecular formula is C13H15ClN4O. The molecule has 5 nitrogen and oxygen atoms in total. The van der Waals surface area contributed by atoms with E-state index >= 15 is 0 Å². The van der Waals surface area contributed by atoms with E-state index in [1.54, 1.807) is 18.2 Å². The third kappa shape index (κ3) is 3.93. The zero-order valence-corrected chi connectivity index (χ0v) is 11.5. The summed E-state index contributed by atoms with van der Waals surface area (Å²) in [5.74, 6) is 0.914. The van der Waals surface area contributed by atoms with Crippen LogP contribution in [0.2, 0.25) is 0 Å². The number of hydrogen-bond donors (Lipinski definition) is 2. The number of ketones is 1. The minimum atomic E-state index is 0. The highest BCUT2D eigenvalue weighted by Crippen LogP contribution is 2.16. The van der Waals surface area contributed by atoms with Crippen LogP contribution in [0.1, 0.15) is 23.0 Å². The lowest BCUT2D eigenvalue weighted by atomic mass is 10.1. The molecule has 2 aromatic rings. The van der Waals surface area contributed by atoms with Gasteiger partial charge in [-0.05, 0) is 38.1 Å². The van der Waals surface area contributed by atoms with Crippen molar-refractivity contribution in [1.82, 2.24) is 9.97 Å². The van der Waals surface area contributed by atoms with Gasteiger partial charge in [0.2, 0.25) is 5.95 Å². The van der Waals surface area contributed by atoms with Crippen LogP contribution in [0.5, 0.6) is 0 Å². The monoisotopic (exact) mass is 278 g/mol. The molecule has 19 heavy (non-hydrogen) atoms. The molecule has 6 heteroatoms. The van der Waals surface area contributed by atoms with E-state index in [-0.39, 0.29) is 24.1 Å². The molecule has 1 aromatic carbocycles. The fourth-order valence-corrected chi connectivity index (χ4v) is 1.59. The maximum absolute atomic E-state index is 11.1. The number of nitrogen functional groups attached to an aromatic ring is 1. The van der Waals surface area contributed by atoms with Gasteiger partial charge in [0.1, 0.15) is 5.82 Å². The molecule has 0 amide bonds. The van der Waals surface area contributed by atoms with Crippen molar-refractivity contribution < 1.29 is 4.79 Å². The summed E-state index contributed by atoms with van der Waals surface area (Å²) >= 11 is 0. The van der Waals surface area contributed by atoms with E-state index in [1.807, 2.05) is 19.1 Å². The Morgan fingerprint density at radius 3 is 2.37 bits per heavy atom. The summed E-state index contributed by atoms with van der Waals surface area (Å²) in [4.78, 5) is 19.2. The highest BCUT2D eigenvalue weighted by molar-refractivity contribution is 5.94. The number of nitrogens with one attached hydrogen (secondary N) is 1. The fraction of sp³-hybridized carbons (Fsp3) is 0.154. The Morgan fingerprint density at radius 1 is 1.21 bits per heavy atom. The predicted octanol–water partition coefficient (Wildman–Crippen LogP) is 2.74. The first-order chi connectivity index (χ1) is 8.54. The van der Waals surface area contributed by atoms with Crippen LogP contribution in [0.15, 0.2) is 30.3 Å². The summed E-state index contributed by atoms with van der Waals surface area (Å²) in [6, 6.07) is 8.98. The lowest BCUT2D eigenvalue weighted by Gasteiger charge is -2.07. The zero-order chi connectivity index (χ0) is 13.1. The normalized spacial score (nSPS) is 9.58. The van der Waals surface area contributed by atoms with Gasteiger partial charge in [-0.2, -0.15) is 4.98 Å². The number of aryl methyl sites for hydroxylation is 1. The zero-order valence-electron chi connectivity index (χ0n) is 10.7. The molecule has 1 heterocycles. The quantitative estimate of drug-likeness (QED) is 0.844. The fourth-order valence-electron chi connectivity index (χ4n) is 1.59. The van der Waals surface area contributed by atoms with Crippen molar-refractivity contribution in [3.05, 3.63) is 41.6 Å². The summed E-state index contributed by atoms with van der Waals surface area (Å²) in [7, 11) is 0. The minimum absolute atomic E-state index is 0. The summed E-state index contributed by atoms with van der Waals surface area (Å²) in [6.45, 7) is 3.39. The van der Waals surface area contributed by atoms with Crippen LogP contribution in [-0.2, 0) is 0 Å². The number of nitrogens with two attached hydrogens (primary N) is 1. The Morgan fingerprint density at radius 2 is 1.84 bits per heavy atom. The molecule has 0 aliphatic heterocycles. The van der Waals surface area contributed by atoms with Gasteiger partial charge in [0.25, 0.3) is 0 Å². The third-order valence-electron chi connectivity index (χ3n) is 2.44. The topological polar surface area (TPSA) is 80.9 Å². The van der Waals surface area contributed by atoms with Crippen molar-refractivity contribution in [3.63, 3.8) is 0 Å². The maximum Gasteiger partial charge on any atom is 0.222 e. The Hall–Kier alpha value is -2.14. The van der Waals surface area contributed by atoms with Gasteiger partial charge in [0, 0.05) is 23.0 Å². The van der Waals surface area contributed by atoms with Crippen molar-refractivity contribution in [2.24, 2.45) is 0 Å². The van der Waals surface area contributed by atoms with Gasteiger partial charge in [-0.15, -0.1) is 12.4 Å². The van der Waals surface area contributed by atoms with E-state index < -0.39 is 0 Å². The van der Waals surface area contributed by atoms with Crippen LogP contribution in [0.3, 0.4) is 0 Å². The van der Waals surface area contributed by atoms with Crippen LogP contribution in [0, 0.1) is 6.92 Å². The second-order valence-corrected chi connectivity index (χ2v) is 4.01. The van der Waals surface area contributed by atoms with Crippen LogP contribution >= 0.6 is 12.4 Å². The molecule has 2 rings (SSSR count). The Labute approximate surface area is 117 Å². The predicted molar refractivity (Wildman–Crippen MR) is 78.2 cm³/mol. The minimum Gasteiger partial charge on any atom is -0.368 e. The number of hydrogen-bond acceptors (Lipinski definition) is 5. The number of halogens is 1. The lowest BCUT2D eigenvalue weighted by molar-refractivity contribution is 0.101. The van der Waals surface area contributed by atoms with Crippen LogP contribution in [0.25, 0.3) is 0 Å². The van der Waals surface area contributed by atoms with Gasteiger partial charge in [-0.1, -0.05) is 0 Å². The number of Topliss-reactive ketones (excluding diaryl/α,β-unsaturated/α-hetero) is 1. The van der Waals surface area contributed by atoms with E-state index in [0.29, 0.717) is 11.4 Å². The maximum atomic E-state index is 11.1. The lowest BCUT2D eigenvalue weighted by Crippen LogP contribution is -2.01. The highest BCUT2D eigenvalue weighted by atomic mass is 35.5. The number of rotatable bonds is 3. The molecule has 0 aliphatic rings. The third-order valence-corrected chi connectivity index (χ3v) is 2.44. The molecular weight excluding hydrogens is 264 g/mol. The van der Waals surface area contributed by atoms with E-state index in [0.717, 1.165) is 11.4 Å². The van der Waals surface area contributed by atoms with E-state index in [9.17, 15) is 4.79 Å². The van der Waals surface area contributed by atoms with Crippen molar-refractivity contribution in [1.29, 1.82) is 0 Å². The van der Waals surface area contributed by atoms with Crippen LogP contribution in [-0.4, -0.2) is 15.8 Å². The summed E-state index contributed by atoms with van der Waals surface area (Å²) in [5, 5.41) is 3.11. The molecule has 0 fully saturated rings. The SMILES string of the molecule is CC(=O)c1ccc(Nc2cc(C)nc(N)n2)cc1.Cl. The van der Waals surface area contributed by atoms with Gasteiger partial charge in [0.05, 0.1) is 0 Å². The molecule has 0 bridgehead atoms. The molecule has 0 atom stereocenters. The first kappa shape index (κ1) is 14.9. The Kier molecular flexibility index (Phi) is 4.83. The molecule has 0 saturated carbocycles. The summed E-state index contributed by atoms with van der Waals surface area (Å²) < 4.78 is 0. The molecule has 0 spiro atoms. The molecule has 0 aliphatic carbocycles. The first-order valence-corrected chi connectivity index (χ1v) is 5.54. The molecule has 0 unspecified atom stereocenters. The molecule has 1 aromatic heterocycles. The van der Waals surface area contributed by atoms with Crippen molar-refractivity contribution in [2.45, 2.75) is 13.8 Å². The standard InChI is InChI=1S/C13H14N4O.ClH/c1-8-7-12(17-13(14)15-8)16-11-5-3-10(4-6-11)9(2)18;/h3-7H,1-2H3,(H3,14,15,16,17);1H. The molecule has 0 radical (unpaired) electrons. The van der Waals surface area contributed by atoms with Gasteiger partial charge >= 0.3 is 0 Å². The number of anilines is 3. The summed E-state index contributed by atoms with van der Waals surface area (Å²) in [5.41, 5.74) is 7.89. The van der Waals surface area contributed by atoms with E-state index in [2.05, 4.69) is 15.3 Å². The molecule has 0 saturated heterocycles. The largest absolute Gasteiger partial charge is 0.368 e. The number of nitrogens with zero attached hydrogens (tertiary/aromatic N) is 2. The number of aromatic nitrogens is 2. The molecule has 3 N–H and O–H groups in total. The van der Waals surface area contributed by atoms with Crippen LogP contribution in [0.4, 0.5) is 17.5 Å². The number of benzene rings is 1. The second-order valence-electron chi connectivity index (χ2n) is 4.01.